The third-order valence-corrected chi connectivity index (χ3v) is 11.4. The van der Waals surface area contributed by atoms with Crippen LogP contribution in [-0.4, -0.2) is 89.3 Å². The lowest BCUT2D eigenvalue weighted by molar-refractivity contribution is -0.136. The largest absolute Gasteiger partial charge is 0.496 e. The quantitative estimate of drug-likeness (QED) is 0.0728. The molecule has 0 aliphatic carbocycles. The van der Waals surface area contributed by atoms with Crippen molar-refractivity contribution < 1.29 is 47.4 Å². The number of unbranched alkanes of at least 4 members (excludes halogenated alkanes) is 2. The van der Waals surface area contributed by atoms with Crippen LogP contribution in [0, 0.1) is 5.82 Å². The highest BCUT2D eigenvalue weighted by Gasteiger charge is 2.46. The molecule has 5 aromatic rings. The number of piperidine rings is 1. The van der Waals surface area contributed by atoms with E-state index in [0.717, 1.165) is 4.90 Å². The smallest absolute Gasteiger partial charge is 0.266 e. The van der Waals surface area contributed by atoms with Gasteiger partial charge in [-0.15, -0.1) is 0 Å². The normalized spacial score (nSPS) is 15.2. The molecule has 0 bridgehead atoms. The van der Waals surface area contributed by atoms with E-state index in [2.05, 4.69) is 20.9 Å². The predicted octanol–water partition coefficient (Wildman–Crippen LogP) is 6.39. The molecule has 3 aliphatic rings. The number of halogens is 2. The van der Waals surface area contributed by atoms with E-state index in [1.54, 1.807) is 48.7 Å². The zero-order chi connectivity index (χ0) is 45.8. The van der Waals surface area contributed by atoms with Gasteiger partial charge >= 0.3 is 0 Å². The van der Waals surface area contributed by atoms with Crippen LogP contribution in [0.1, 0.15) is 86.3 Å². The van der Waals surface area contributed by atoms with Gasteiger partial charge in [0, 0.05) is 59.0 Å². The average Bonchev–Trinajstić information content (AvgIpc) is 3.45. The summed E-state index contributed by atoms with van der Waals surface area (Å²) in [5, 5.41) is 8.67. The Morgan fingerprint density at radius 3 is 2.48 bits per heavy atom. The van der Waals surface area contributed by atoms with Crippen LogP contribution in [0.15, 0.2) is 84.0 Å². The molecular formula is C47H41ClFN7O9. The van der Waals surface area contributed by atoms with E-state index in [4.69, 9.17) is 35.8 Å². The number of rotatable bonds is 16. The number of Topliss-reactive ketones (excluding diaryl/α,β-unsaturated/α-hetero) is 1. The molecule has 1 unspecified atom stereocenters. The Hall–Kier alpha value is -7.53. The molecule has 1 atom stereocenters. The molecule has 5 amide bonds. The summed E-state index contributed by atoms with van der Waals surface area (Å²) in [5.74, 6) is -2.70. The lowest BCUT2D eigenvalue weighted by Gasteiger charge is -2.27. The van der Waals surface area contributed by atoms with Crippen LogP contribution in [0.2, 0.25) is 5.02 Å². The summed E-state index contributed by atoms with van der Waals surface area (Å²) in [4.78, 5) is 91.3. The molecule has 0 spiro atoms. The van der Waals surface area contributed by atoms with E-state index < -0.39 is 35.5 Å². The number of carbonyl (C=O) groups excluding carboxylic acids is 6. The van der Waals surface area contributed by atoms with Crippen molar-refractivity contribution in [1.29, 1.82) is 0 Å². The Bertz CT molecular complexity index is 2820. The Labute approximate surface area is 376 Å². The fourth-order valence-electron chi connectivity index (χ4n) is 7.94. The molecule has 3 aliphatic heterocycles. The summed E-state index contributed by atoms with van der Waals surface area (Å²) < 4.78 is 32.1. The Morgan fingerprint density at radius 1 is 0.877 bits per heavy atom. The van der Waals surface area contributed by atoms with E-state index in [1.807, 2.05) is 6.07 Å². The molecule has 3 N–H and O–H groups in total. The van der Waals surface area contributed by atoms with Crippen LogP contribution in [0.25, 0.3) is 11.3 Å². The number of nitrogens with zero attached hydrogens (tertiary/aromatic N) is 4. The number of aliphatic imine (C=N–C) groups is 1. The Morgan fingerprint density at radius 2 is 1.68 bits per heavy atom. The number of imide groups is 2. The number of benzene rings is 4. The minimum Gasteiger partial charge on any atom is -0.496 e. The zero-order valence-electron chi connectivity index (χ0n) is 35.2. The summed E-state index contributed by atoms with van der Waals surface area (Å²) >= 11 is 6.44. The molecule has 1 fully saturated rings. The molecular weight excluding hydrogens is 861 g/mol. The van der Waals surface area contributed by atoms with E-state index >= 15 is 4.39 Å². The summed E-state index contributed by atoms with van der Waals surface area (Å²) in [7, 11) is 2.93. The number of amides is 5. The van der Waals surface area contributed by atoms with Gasteiger partial charge in [-0.2, -0.15) is 0 Å². The molecule has 18 heteroatoms. The number of fused-ring (bicyclic) bond motifs is 4. The van der Waals surface area contributed by atoms with E-state index in [1.165, 1.54) is 38.5 Å². The maximum absolute atomic E-state index is 15.3. The fraction of sp³-hybridized carbons (Fsp3) is 0.255. The monoisotopic (exact) mass is 901 g/mol. The molecule has 1 saturated heterocycles. The van der Waals surface area contributed by atoms with Gasteiger partial charge in [0.1, 0.15) is 35.7 Å². The minimum atomic E-state index is -1.12. The molecule has 1 aromatic heterocycles. The first kappa shape index (κ1) is 44.1. The summed E-state index contributed by atoms with van der Waals surface area (Å²) in [6.07, 6.45) is 3.60. The number of carbonyl (C=O) groups is 6. The van der Waals surface area contributed by atoms with Crippen LogP contribution < -0.4 is 30.2 Å². The van der Waals surface area contributed by atoms with Gasteiger partial charge in [-0.25, -0.2) is 14.4 Å². The lowest BCUT2D eigenvalue weighted by Crippen LogP contribution is -2.54. The first-order valence-corrected chi connectivity index (χ1v) is 21.1. The van der Waals surface area contributed by atoms with Gasteiger partial charge in [0.15, 0.2) is 5.78 Å². The predicted molar refractivity (Wildman–Crippen MR) is 235 cm³/mol. The van der Waals surface area contributed by atoms with Gasteiger partial charge < -0.3 is 24.8 Å². The van der Waals surface area contributed by atoms with Crippen molar-refractivity contribution in [2.75, 3.05) is 32.7 Å². The van der Waals surface area contributed by atoms with Gasteiger partial charge in [-0.1, -0.05) is 36.2 Å². The highest BCUT2D eigenvalue weighted by molar-refractivity contribution is 6.32. The second-order valence-electron chi connectivity index (χ2n) is 15.3. The van der Waals surface area contributed by atoms with Gasteiger partial charge in [0.2, 0.25) is 17.8 Å². The van der Waals surface area contributed by atoms with Crippen LogP contribution in [0.3, 0.4) is 0 Å². The number of ether oxygens (including phenoxy) is 3. The van der Waals surface area contributed by atoms with E-state index in [-0.39, 0.29) is 72.5 Å². The summed E-state index contributed by atoms with van der Waals surface area (Å²) in [6, 6.07) is 18.2. The topological polar surface area (TPSA) is 208 Å². The van der Waals surface area contributed by atoms with Crippen molar-refractivity contribution in [3.63, 3.8) is 0 Å². The minimum absolute atomic E-state index is 0.00361. The van der Waals surface area contributed by atoms with E-state index in [0.29, 0.717) is 81.7 Å². The lowest BCUT2D eigenvalue weighted by atomic mass is 9.94. The average molecular weight is 902 g/mol. The molecule has 0 saturated carbocycles. The number of aromatic nitrogens is 2. The summed E-state index contributed by atoms with van der Waals surface area (Å²) in [5.41, 5.74) is 4.02. The second kappa shape index (κ2) is 19.1. The first-order chi connectivity index (χ1) is 31.4. The number of ketones is 1. The molecule has 332 valence electrons. The van der Waals surface area contributed by atoms with Gasteiger partial charge in [-0.05, 0) is 67.8 Å². The maximum atomic E-state index is 15.3. The number of hydrogen-bond acceptors (Lipinski definition) is 13. The Balaban J connectivity index is 0.828. The van der Waals surface area contributed by atoms with Crippen molar-refractivity contribution in [2.24, 2.45) is 4.99 Å². The standard InChI is InChI=1S/C47H41ClFN7O9/c1-63-35-11-7-10-33(49)40(35)42-32-20-26(48)13-15-29(32)41-25(22-51-42)23-52-47(55-41)53-27-14-16-30(37(21-27)64-2)43(59)50-19-5-3-4-8-28(57)24-65-36-12-6-9-31-39(36)46(62)56(45(31)61)34-17-18-38(58)54-44(34)60/h6-7,9-16,20-21,23,34H,3-5,8,17-19,22,24H2,1-2H3,(H,50,59)(H,52,53,55)(H,54,58,60). The van der Waals surface area contributed by atoms with Gasteiger partial charge in [0.05, 0.1) is 54.4 Å². The Kier molecular flexibility index (Phi) is 12.9. The van der Waals surface area contributed by atoms with Crippen molar-refractivity contribution in [3.05, 3.63) is 123 Å². The van der Waals surface area contributed by atoms with Gasteiger partial charge in [0.25, 0.3) is 17.7 Å². The van der Waals surface area contributed by atoms with Crippen LogP contribution in [0.4, 0.5) is 16.0 Å². The van der Waals surface area contributed by atoms with Crippen LogP contribution >= 0.6 is 11.6 Å². The van der Waals surface area contributed by atoms with Gasteiger partial charge in [-0.3, -0.25) is 44.0 Å². The maximum Gasteiger partial charge on any atom is 0.266 e. The number of methoxy groups -OCH3 is 2. The van der Waals surface area contributed by atoms with Crippen molar-refractivity contribution in [2.45, 2.75) is 51.1 Å². The highest BCUT2D eigenvalue weighted by atomic mass is 35.5. The molecule has 4 heterocycles. The SMILES string of the molecule is COc1cc(Nc2ncc3c(n2)-c2ccc(Cl)cc2C(c2c(F)cccc2OC)=NC3)ccc1C(=O)NCCCCCC(=O)COc1cccc2c1C(=O)N(C1CCC(=O)NC1=O)C2=O. The first-order valence-electron chi connectivity index (χ1n) is 20.7. The molecule has 4 aromatic carbocycles. The number of nitrogens with one attached hydrogen (secondary N) is 3. The fourth-order valence-corrected chi connectivity index (χ4v) is 8.12. The molecule has 0 radical (unpaired) electrons. The molecule has 65 heavy (non-hydrogen) atoms. The second-order valence-corrected chi connectivity index (χ2v) is 15.7. The van der Waals surface area contributed by atoms with Crippen molar-refractivity contribution in [3.8, 4) is 28.5 Å². The zero-order valence-corrected chi connectivity index (χ0v) is 35.9. The van der Waals surface area contributed by atoms with E-state index in [9.17, 15) is 28.8 Å². The summed E-state index contributed by atoms with van der Waals surface area (Å²) in [6.45, 7) is 0.178. The third kappa shape index (κ3) is 9.13. The number of anilines is 2. The highest BCUT2D eigenvalue weighted by Crippen LogP contribution is 2.37. The molecule has 8 rings (SSSR count). The number of hydrogen-bond donors (Lipinski definition) is 3. The molecule has 16 nitrogen and oxygen atoms in total. The third-order valence-electron chi connectivity index (χ3n) is 11.1. The van der Waals surface area contributed by atoms with Crippen molar-refractivity contribution in [1.82, 2.24) is 25.5 Å². The van der Waals surface area contributed by atoms with Crippen LogP contribution in [0.5, 0.6) is 17.2 Å². The van der Waals surface area contributed by atoms with Crippen molar-refractivity contribution >= 4 is 64.3 Å². The van der Waals surface area contributed by atoms with Crippen LogP contribution in [-0.2, 0) is 20.9 Å².